The Labute approximate surface area is 191 Å². The van der Waals surface area contributed by atoms with E-state index in [1.165, 1.54) is 33.3 Å². The van der Waals surface area contributed by atoms with Gasteiger partial charge in [-0.2, -0.15) is 10.2 Å². The smallest absolute Gasteiger partial charge is 0.258 e. The van der Waals surface area contributed by atoms with Crippen molar-refractivity contribution >= 4 is 34.7 Å². The van der Waals surface area contributed by atoms with Gasteiger partial charge in [0.25, 0.3) is 5.91 Å². The van der Waals surface area contributed by atoms with Crippen LogP contribution in [-0.4, -0.2) is 45.2 Å². The summed E-state index contributed by atoms with van der Waals surface area (Å²) in [6.45, 7) is 5.81. The highest BCUT2D eigenvalue weighted by molar-refractivity contribution is 6.32. The van der Waals surface area contributed by atoms with E-state index in [4.69, 9.17) is 30.5 Å². The van der Waals surface area contributed by atoms with Crippen molar-refractivity contribution < 1.29 is 28.5 Å². The number of ketones is 1. The molecular formula is C22H26ClN3O6. The molecule has 1 unspecified atom stereocenters. The maximum atomic E-state index is 12.8. The molecular weight excluding hydrogens is 438 g/mol. The molecule has 0 radical (unpaired) electrons. The summed E-state index contributed by atoms with van der Waals surface area (Å²) >= 11 is 6.10. The van der Waals surface area contributed by atoms with Crippen LogP contribution in [0.4, 0.5) is 11.4 Å². The van der Waals surface area contributed by atoms with Crippen molar-refractivity contribution in [3.05, 3.63) is 35.4 Å². The summed E-state index contributed by atoms with van der Waals surface area (Å²) < 4.78 is 21.6. The number of halogens is 1. The number of benzene rings is 2. The second-order valence-electron chi connectivity index (χ2n) is 6.37. The second kappa shape index (κ2) is 11.9. The minimum absolute atomic E-state index is 0.218. The van der Waals surface area contributed by atoms with Crippen molar-refractivity contribution in [1.29, 1.82) is 0 Å². The molecule has 172 valence electrons. The van der Waals surface area contributed by atoms with Gasteiger partial charge in [0.1, 0.15) is 17.2 Å². The van der Waals surface area contributed by atoms with E-state index in [0.717, 1.165) is 0 Å². The molecule has 9 nitrogen and oxygen atoms in total. The Hall–Kier alpha value is -3.33. The number of methoxy groups -OCH3 is 2. The molecule has 0 saturated heterocycles. The van der Waals surface area contributed by atoms with Crippen molar-refractivity contribution in [2.45, 2.75) is 26.8 Å². The van der Waals surface area contributed by atoms with Crippen LogP contribution in [0.5, 0.6) is 23.0 Å². The zero-order valence-electron chi connectivity index (χ0n) is 18.6. The molecule has 0 aliphatic rings. The molecule has 0 aromatic heterocycles. The normalized spacial score (nSPS) is 11.7. The molecule has 1 N–H and O–H groups in total. The quantitative estimate of drug-likeness (QED) is 0.377. The van der Waals surface area contributed by atoms with Crippen LogP contribution in [0.3, 0.4) is 0 Å². The summed E-state index contributed by atoms with van der Waals surface area (Å²) in [6, 6.07) is 6.73. The first kappa shape index (κ1) is 24.9. The van der Waals surface area contributed by atoms with E-state index >= 15 is 0 Å². The second-order valence-corrected chi connectivity index (χ2v) is 6.78. The fourth-order valence-electron chi connectivity index (χ4n) is 2.78. The van der Waals surface area contributed by atoms with Gasteiger partial charge in [0.2, 0.25) is 6.04 Å². The molecule has 0 aliphatic heterocycles. The van der Waals surface area contributed by atoms with Crippen LogP contribution in [0.25, 0.3) is 0 Å². The van der Waals surface area contributed by atoms with Crippen LogP contribution in [0.2, 0.25) is 5.02 Å². The topological polar surface area (TPSA) is 108 Å². The van der Waals surface area contributed by atoms with Crippen molar-refractivity contribution in [3.63, 3.8) is 0 Å². The summed E-state index contributed by atoms with van der Waals surface area (Å²) in [6.07, 6.45) is 0. The Bertz CT molecular complexity index is 996. The summed E-state index contributed by atoms with van der Waals surface area (Å²) in [7, 11) is 2.83. The van der Waals surface area contributed by atoms with Gasteiger partial charge in [-0.25, -0.2) is 0 Å². The van der Waals surface area contributed by atoms with Crippen LogP contribution in [-0.2, 0) is 9.59 Å². The monoisotopic (exact) mass is 463 g/mol. The summed E-state index contributed by atoms with van der Waals surface area (Å²) in [5.41, 5.74) is 0.608. The number of carbonyl (C=O) groups excluding carboxylic acids is 2. The molecule has 32 heavy (non-hydrogen) atoms. The predicted molar refractivity (Wildman–Crippen MR) is 121 cm³/mol. The molecule has 2 aromatic rings. The highest BCUT2D eigenvalue weighted by Gasteiger charge is 2.25. The standard InChI is InChI=1S/C22H26ClN3O6/c1-6-31-14-8-11-18(32-7-2)17(12-14)25-26-19(13(3)27)22(28)24-16-10-9-15(23)20(29-4)21(16)30-5/h8-12,19H,6-7H2,1-5H3,(H,24,28). The van der Waals surface area contributed by atoms with E-state index in [0.29, 0.717) is 35.4 Å². The number of nitrogens with one attached hydrogen (secondary N) is 1. The fraction of sp³-hybridized carbons (Fsp3) is 0.364. The van der Waals surface area contributed by atoms with E-state index < -0.39 is 17.7 Å². The number of rotatable bonds is 11. The van der Waals surface area contributed by atoms with Crippen LogP contribution in [0.1, 0.15) is 20.8 Å². The number of azo groups is 1. The van der Waals surface area contributed by atoms with E-state index in [1.807, 2.05) is 13.8 Å². The van der Waals surface area contributed by atoms with Gasteiger partial charge < -0.3 is 24.3 Å². The van der Waals surface area contributed by atoms with Gasteiger partial charge in [-0.15, -0.1) is 0 Å². The first-order valence-corrected chi connectivity index (χ1v) is 10.3. The molecule has 0 spiro atoms. The molecule has 1 atom stereocenters. The van der Waals surface area contributed by atoms with E-state index in [2.05, 4.69) is 15.5 Å². The number of nitrogens with zero attached hydrogens (tertiary/aromatic N) is 2. The maximum Gasteiger partial charge on any atom is 0.258 e. The van der Waals surface area contributed by atoms with E-state index in [9.17, 15) is 9.59 Å². The zero-order valence-corrected chi connectivity index (χ0v) is 19.4. The molecule has 2 aromatic carbocycles. The Balaban J connectivity index is 2.34. The van der Waals surface area contributed by atoms with Crippen molar-refractivity contribution in [1.82, 2.24) is 0 Å². The molecule has 1 amide bonds. The van der Waals surface area contributed by atoms with Crippen molar-refractivity contribution in [2.75, 3.05) is 32.8 Å². The van der Waals surface area contributed by atoms with Crippen LogP contribution in [0, 0.1) is 0 Å². The van der Waals surface area contributed by atoms with E-state index in [-0.39, 0.29) is 17.2 Å². The highest BCUT2D eigenvalue weighted by atomic mass is 35.5. The number of anilines is 1. The van der Waals surface area contributed by atoms with Gasteiger partial charge in [0, 0.05) is 6.07 Å². The molecule has 2 rings (SSSR count). The molecule has 0 bridgehead atoms. The third kappa shape index (κ3) is 6.10. The number of hydrogen-bond acceptors (Lipinski definition) is 8. The van der Waals surface area contributed by atoms with Gasteiger partial charge >= 0.3 is 0 Å². The lowest BCUT2D eigenvalue weighted by atomic mass is 10.2. The largest absolute Gasteiger partial charge is 0.494 e. The average molecular weight is 464 g/mol. The van der Waals surface area contributed by atoms with Crippen LogP contribution in [0.15, 0.2) is 40.6 Å². The molecule has 0 aliphatic carbocycles. The van der Waals surface area contributed by atoms with Crippen LogP contribution < -0.4 is 24.3 Å². The third-order valence-corrected chi connectivity index (χ3v) is 4.48. The summed E-state index contributed by atoms with van der Waals surface area (Å²) in [4.78, 5) is 25.0. The van der Waals surface area contributed by atoms with E-state index in [1.54, 1.807) is 18.2 Å². The number of Topliss-reactive ketones (excluding diaryl/α,β-unsaturated/α-hetero) is 1. The molecule has 0 saturated carbocycles. The predicted octanol–water partition coefficient (Wildman–Crippen LogP) is 4.83. The van der Waals surface area contributed by atoms with Gasteiger partial charge in [-0.05, 0) is 45.0 Å². The lowest BCUT2D eigenvalue weighted by Gasteiger charge is -2.16. The first-order chi connectivity index (χ1) is 15.4. The minimum atomic E-state index is -1.40. The average Bonchev–Trinajstić information content (AvgIpc) is 2.76. The molecule has 0 heterocycles. The van der Waals surface area contributed by atoms with Crippen molar-refractivity contribution in [2.24, 2.45) is 10.2 Å². The number of ether oxygens (including phenoxy) is 4. The molecule has 0 fully saturated rings. The number of amides is 1. The Morgan fingerprint density at radius 1 is 1.03 bits per heavy atom. The minimum Gasteiger partial charge on any atom is -0.494 e. The SMILES string of the molecule is CCOc1ccc(OCC)c(N=NC(C(C)=O)C(=O)Nc2ccc(Cl)c(OC)c2OC)c1. The highest BCUT2D eigenvalue weighted by Crippen LogP contribution is 2.41. The maximum absolute atomic E-state index is 12.8. The Morgan fingerprint density at radius 3 is 2.31 bits per heavy atom. The van der Waals surface area contributed by atoms with Gasteiger partial charge in [0.15, 0.2) is 17.3 Å². The molecule has 10 heteroatoms. The van der Waals surface area contributed by atoms with Gasteiger partial charge in [-0.1, -0.05) is 11.6 Å². The first-order valence-electron chi connectivity index (χ1n) is 9.88. The lowest BCUT2D eigenvalue weighted by molar-refractivity contribution is -0.126. The van der Waals surface area contributed by atoms with Gasteiger partial charge in [0.05, 0.1) is 38.1 Å². The van der Waals surface area contributed by atoms with Crippen molar-refractivity contribution in [3.8, 4) is 23.0 Å². The lowest BCUT2D eigenvalue weighted by Crippen LogP contribution is -2.32. The van der Waals surface area contributed by atoms with Gasteiger partial charge in [-0.3, -0.25) is 9.59 Å². The fourth-order valence-corrected chi connectivity index (χ4v) is 3.00. The Morgan fingerprint density at radius 2 is 1.72 bits per heavy atom. The summed E-state index contributed by atoms with van der Waals surface area (Å²) in [5, 5.41) is 11.0. The number of hydrogen-bond donors (Lipinski definition) is 1. The Kier molecular flexibility index (Phi) is 9.27. The number of carbonyl (C=O) groups is 2. The summed E-state index contributed by atoms with van der Waals surface area (Å²) in [5.74, 6) is 0.295. The zero-order chi connectivity index (χ0) is 23.7. The third-order valence-electron chi connectivity index (χ3n) is 4.19. The van der Waals surface area contributed by atoms with Crippen LogP contribution >= 0.6 is 11.6 Å².